The van der Waals surface area contributed by atoms with Crippen LogP contribution in [-0.4, -0.2) is 36.8 Å². The zero-order valence-electron chi connectivity index (χ0n) is 14.4. The minimum atomic E-state index is 0.430. The first kappa shape index (κ1) is 16.3. The van der Waals surface area contributed by atoms with E-state index >= 15 is 0 Å². The van der Waals surface area contributed by atoms with Crippen molar-refractivity contribution in [2.45, 2.75) is 6.92 Å². The molecule has 132 valence electrons. The van der Waals surface area contributed by atoms with Crippen molar-refractivity contribution in [2.24, 2.45) is 7.05 Å². The van der Waals surface area contributed by atoms with Crippen LogP contribution in [0, 0.1) is 6.92 Å². The van der Waals surface area contributed by atoms with E-state index in [0.717, 1.165) is 27.7 Å². The van der Waals surface area contributed by atoms with Gasteiger partial charge in [-0.3, -0.25) is 4.68 Å². The summed E-state index contributed by atoms with van der Waals surface area (Å²) in [7, 11) is 3.39. The Labute approximate surface area is 154 Å². The molecule has 0 saturated heterocycles. The van der Waals surface area contributed by atoms with E-state index < -0.39 is 0 Å². The van der Waals surface area contributed by atoms with Crippen LogP contribution in [0.4, 0.5) is 11.6 Å². The number of anilines is 2. The normalized spacial score (nSPS) is 11.1. The highest BCUT2D eigenvalue weighted by molar-refractivity contribution is 6.34. The van der Waals surface area contributed by atoms with E-state index in [1.54, 1.807) is 30.4 Å². The van der Waals surface area contributed by atoms with Gasteiger partial charge in [-0.1, -0.05) is 11.6 Å². The molecule has 9 heteroatoms. The highest BCUT2D eigenvalue weighted by Crippen LogP contribution is 2.32. The Hall–Kier alpha value is -3.13. The molecule has 0 spiro atoms. The van der Waals surface area contributed by atoms with Gasteiger partial charge in [0.05, 0.1) is 24.5 Å². The van der Waals surface area contributed by atoms with Crippen LogP contribution in [0.1, 0.15) is 5.56 Å². The first-order valence-electron chi connectivity index (χ1n) is 7.87. The third-order valence-corrected chi connectivity index (χ3v) is 4.30. The molecule has 4 aromatic heterocycles. The van der Waals surface area contributed by atoms with Crippen molar-refractivity contribution < 1.29 is 4.74 Å². The topological polar surface area (TPSA) is 93.5 Å². The Morgan fingerprint density at radius 1 is 1.31 bits per heavy atom. The number of aromatic amines is 1. The van der Waals surface area contributed by atoms with Crippen molar-refractivity contribution in [1.82, 2.24) is 29.7 Å². The molecule has 0 aromatic carbocycles. The van der Waals surface area contributed by atoms with Gasteiger partial charge in [-0.2, -0.15) is 0 Å². The molecule has 0 radical (unpaired) electrons. The summed E-state index contributed by atoms with van der Waals surface area (Å²) in [6.45, 7) is 1.96. The van der Waals surface area contributed by atoms with Gasteiger partial charge in [-0.15, -0.1) is 5.10 Å². The van der Waals surface area contributed by atoms with E-state index in [1.807, 2.05) is 26.2 Å². The number of pyridine rings is 1. The van der Waals surface area contributed by atoms with Crippen LogP contribution in [0.2, 0.25) is 5.15 Å². The smallest absolute Gasteiger partial charge is 0.256 e. The molecular weight excluding hydrogens is 354 g/mol. The molecule has 0 saturated carbocycles. The largest absolute Gasteiger partial charge is 0.478 e. The van der Waals surface area contributed by atoms with Crippen LogP contribution in [0.25, 0.3) is 22.2 Å². The van der Waals surface area contributed by atoms with Gasteiger partial charge >= 0.3 is 0 Å². The van der Waals surface area contributed by atoms with Gasteiger partial charge in [0.2, 0.25) is 5.95 Å². The maximum atomic E-state index is 6.16. The van der Waals surface area contributed by atoms with Crippen molar-refractivity contribution in [2.75, 3.05) is 12.4 Å². The summed E-state index contributed by atoms with van der Waals surface area (Å²) in [5.41, 5.74) is 4.16. The van der Waals surface area contributed by atoms with E-state index in [4.69, 9.17) is 16.3 Å². The van der Waals surface area contributed by atoms with Crippen molar-refractivity contribution >= 4 is 34.1 Å². The predicted molar refractivity (Wildman–Crippen MR) is 99.9 cm³/mol. The molecule has 2 N–H and O–H groups in total. The van der Waals surface area contributed by atoms with Gasteiger partial charge in [0.15, 0.2) is 5.15 Å². The first-order chi connectivity index (χ1) is 12.6. The Morgan fingerprint density at radius 3 is 2.96 bits per heavy atom. The highest BCUT2D eigenvalue weighted by atomic mass is 35.5. The van der Waals surface area contributed by atoms with Gasteiger partial charge in [0.25, 0.3) is 5.88 Å². The van der Waals surface area contributed by atoms with Crippen LogP contribution in [-0.2, 0) is 7.05 Å². The van der Waals surface area contributed by atoms with Crippen molar-refractivity contribution in [3.05, 3.63) is 41.6 Å². The molecule has 8 nitrogen and oxygen atoms in total. The molecule has 0 atom stereocenters. The number of nitrogens with zero attached hydrogens (tertiary/aromatic N) is 5. The Bertz CT molecular complexity index is 1100. The number of ether oxygens (including phenoxy) is 1. The predicted octanol–water partition coefficient (Wildman–Crippen LogP) is 3.47. The third kappa shape index (κ3) is 2.74. The lowest BCUT2D eigenvalue weighted by Gasteiger charge is -2.08. The van der Waals surface area contributed by atoms with Gasteiger partial charge in [0, 0.05) is 36.6 Å². The zero-order chi connectivity index (χ0) is 18.3. The third-order valence-electron chi connectivity index (χ3n) is 4.02. The minimum absolute atomic E-state index is 0.430. The zero-order valence-corrected chi connectivity index (χ0v) is 15.2. The van der Waals surface area contributed by atoms with E-state index in [9.17, 15) is 0 Å². The second-order valence-electron chi connectivity index (χ2n) is 5.80. The molecule has 0 unspecified atom stereocenters. The molecular formula is C17H16ClN7O. The Balaban J connectivity index is 1.78. The second kappa shape index (κ2) is 6.30. The van der Waals surface area contributed by atoms with Gasteiger partial charge < -0.3 is 15.0 Å². The minimum Gasteiger partial charge on any atom is -0.478 e. The fraction of sp³-hybridized carbons (Fsp3) is 0.176. The number of methoxy groups -OCH3 is 1. The van der Waals surface area contributed by atoms with Crippen LogP contribution < -0.4 is 10.1 Å². The molecule has 0 aliphatic carbocycles. The van der Waals surface area contributed by atoms with Crippen molar-refractivity contribution in [3.8, 4) is 17.1 Å². The monoisotopic (exact) mass is 369 g/mol. The number of H-pyrrole nitrogens is 1. The Kier molecular flexibility index (Phi) is 3.96. The lowest BCUT2D eigenvalue weighted by Crippen LogP contribution is -2.00. The average molecular weight is 370 g/mol. The van der Waals surface area contributed by atoms with Crippen LogP contribution >= 0.6 is 11.6 Å². The molecule has 4 aromatic rings. The summed E-state index contributed by atoms with van der Waals surface area (Å²) in [5.74, 6) is 0.926. The lowest BCUT2D eigenvalue weighted by molar-refractivity contribution is 0.393. The molecule has 0 aliphatic heterocycles. The summed E-state index contributed by atoms with van der Waals surface area (Å²) < 4.78 is 6.92. The number of halogens is 1. The SMILES string of the molecule is COc1nn(C)cc1Nc1ncc(C)c(-c2c[nH]c3c(Cl)nccc23)n1. The Morgan fingerprint density at radius 2 is 2.15 bits per heavy atom. The van der Waals surface area contributed by atoms with E-state index in [1.165, 1.54) is 0 Å². The van der Waals surface area contributed by atoms with E-state index in [0.29, 0.717) is 22.7 Å². The number of hydrogen-bond acceptors (Lipinski definition) is 6. The number of fused-ring (bicyclic) bond motifs is 1. The van der Waals surface area contributed by atoms with Gasteiger partial charge in [-0.05, 0) is 18.6 Å². The molecule has 4 heterocycles. The molecule has 0 aliphatic rings. The molecule has 0 fully saturated rings. The van der Waals surface area contributed by atoms with E-state index in [-0.39, 0.29) is 0 Å². The van der Waals surface area contributed by atoms with Crippen LogP contribution in [0.3, 0.4) is 0 Å². The van der Waals surface area contributed by atoms with Crippen LogP contribution in [0.15, 0.2) is 30.9 Å². The molecule has 4 rings (SSSR count). The first-order valence-corrected chi connectivity index (χ1v) is 8.25. The number of nitrogens with one attached hydrogen (secondary N) is 2. The summed E-state index contributed by atoms with van der Waals surface area (Å²) in [5, 5.41) is 8.75. The van der Waals surface area contributed by atoms with Gasteiger partial charge in [-0.25, -0.2) is 15.0 Å². The number of aryl methyl sites for hydroxylation is 2. The van der Waals surface area contributed by atoms with Crippen LogP contribution in [0.5, 0.6) is 5.88 Å². The summed E-state index contributed by atoms with van der Waals surface area (Å²) >= 11 is 6.16. The summed E-state index contributed by atoms with van der Waals surface area (Å²) in [6.07, 6.45) is 7.13. The maximum absolute atomic E-state index is 6.16. The van der Waals surface area contributed by atoms with Crippen molar-refractivity contribution in [1.29, 1.82) is 0 Å². The molecule has 0 amide bonds. The average Bonchev–Trinajstić information content (AvgIpc) is 3.21. The molecule has 26 heavy (non-hydrogen) atoms. The fourth-order valence-electron chi connectivity index (χ4n) is 2.82. The number of aromatic nitrogens is 6. The summed E-state index contributed by atoms with van der Waals surface area (Å²) in [6, 6.07) is 1.91. The number of rotatable bonds is 4. The lowest BCUT2D eigenvalue weighted by atomic mass is 10.1. The molecule has 0 bridgehead atoms. The summed E-state index contributed by atoms with van der Waals surface area (Å²) in [4.78, 5) is 16.3. The van der Waals surface area contributed by atoms with Crippen molar-refractivity contribution in [3.63, 3.8) is 0 Å². The van der Waals surface area contributed by atoms with Gasteiger partial charge in [0.1, 0.15) is 5.69 Å². The quantitative estimate of drug-likeness (QED) is 0.535. The highest BCUT2D eigenvalue weighted by Gasteiger charge is 2.15. The standard InChI is InChI=1S/C17H16ClN7O/c1-9-6-21-17(22-12-8-25(2)24-16(12)26-3)23-13(9)11-7-20-14-10(11)4-5-19-15(14)18/h4-8,20H,1-3H3,(H,21,22,23). The second-order valence-corrected chi connectivity index (χ2v) is 6.16. The number of hydrogen-bond donors (Lipinski definition) is 2. The maximum Gasteiger partial charge on any atom is 0.256 e. The fourth-order valence-corrected chi connectivity index (χ4v) is 3.03. The van der Waals surface area contributed by atoms with E-state index in [2.05, 4.69) is 30.4 Å².